The zero-order valence-electron chi connectivity index (χ0n) is 9.95. The standard InChI is InChI=1S/C11H13ClN4O2S/c12-9-1-3-11(4-2-9)19(17,18)15-5-6-16-8-10(13)7-14-16/h1-4,7-8,15H,5-6,13H2. The fraction of sp³-hybridized carbons (Fsp3) is 0.182. The number of nitrogens with zero attached hydrogens (tertiary/aromatic N) is 2. The van der Waals surface area contributed by atoms with Crippen LogP contribution in [0.3, 0.4) is 0 Å². The molecule has 0 saturated heterocycles. The lowest BCUT2D eigenvalue weighted by molar-refractivity contribution is 0.561. The zero-order chi connectivity index (χ0) is 13.9. The van der Waals surface area contributed by atoms with E-state index < -0.39 is 10.0 Å². The lowest BCUT2D eigenvalue weighted by Gasteiger charge is -2.06. The van der Waals surface area contributed by atoms with Gasteiger partial charge in [-0.25, -0.2) is 13.1 Å². The first kappa shape index (κ1) is 13.9. The van der Waals surface area contributed by atoms with Crippen LogP contribution in [-0.2, 0) is 16.6 Å². The van der Waals surface area contributed by atoms with E-state index in [2.05, 4.69) is 9.82 Å². The number of anilines is 1. The van der Waals surface area contributed by atoms with E-state index in [1.807, 2.05) is 0 Å². The van der Waals surface area contributed by atoms with E-state index in [0.29, 0.717) is 17.3 Å². The van der Waals surface area contributed by atoms with Crippen LogP contribution in [0.25, 0.3) is 0 Å². The second-order valence-corrected chi connectivity index (χ2v) is 6.09. The first-order valence-corrected chi connectivity index (χ1v) is 7.37. The Labute approximate surface area is 116 Å². The average molecular weight is 301 g/mol. The van der Waals surface area contributed by atoms with E-state index in [1.165, 1.54) is 30.5 Å². The molecule has 19 heavy (non-hydrogen) atoms. The van der Waals surface area contributed by atoms with Gasteiger partial charge in [0.25, 0.3) is 0 Å². The Morgan fingerprint density at radius 1 is 1.32 bits per heavy atom. The smallest absolute Gasteiger partial charge is 0.240 e. The largest absolute Gasteiger partial charge is 0.396 e. The predicted octanol–water partition coefficient (Wildman–Crippen LogP) is 1.10. The summed E-state index contributed by atoms with van der Waals surface area (Å²) in [5, 5.41) is 4.45. The Balaban J connectivity index is 1.96. The van der Waals surface area contributed by atoms with Crippen LogP contribution in [0.1, 0.15) is 0 Å². The number of rotatable bonds is 5. The third kappa shape index (κ3) is 3.69. The lowest BCUT2D eigenvalue weighted by atomic mass is 10.4. The number of sulfonamides is 1. The second kappa shape index (κ2) is 5.60. The predicted molar refractivity (Wildman–Crippen MR) is 73.3 cm³/mol. The van der Waals surface area contributed by atoms with Crippen LogP contribution in [0.5, 0.6) is 0 Å². The molecule has 0 aliphatic rings. The highest BCUT2D eigenvalue weighted by molar-refractivity contribution is 7.89. The van der Waals surface area contributed by atoms with Crippen molar-refractivity contribution >= 4 is 27.3 Å². The third-order valence-electron chi connectivity index (χ3n) is 2.41. The number of benzene rings is 1. The highest BCUT2D eigenvalue weighted by Gasteiger charge is 2.12. The molecule has 0 spiro atoms. The van der Waals surface area contributed by atoms with Crippen molar-refractivity contribution in [2.45, 2.75) is 11.4 Å². The molecule has 2 rings (SSSR count). The quantitative estimate of drug-likeness (QED) is 0.865. The minimum Gasteiger partial charge on any atom is -0.396 e. The van der Waals surface area contributed by atoms with Crippen LogP contribution >= 0.6 is 11.6 Å². The van der Waals surface area contributed by atoms with Crippen LogP contribution in [0.4, 0.5) is 5.69 Å². The SMILES string of the molecule is Nc1cnn(CCNS(=O)(=O)c2ccc(Cl)cc2)c1. The molecule has 0 atom stereocenters. The van der Waals surface area contributed by atoms with Crippen molar-refractivity contribution in [1.29, 1.82) is 0 Å². The number of nitrogens with two attached hydrogens (primary N) is 1. The number of hydrogen-bond donors (Lipinski definition) is 2. The van der Waals surface area contributed by atoms with Gasteiger partial charge in [-0.3, -0.25) is 4.68 Å². The number of aromatic nitrogens is 2. The molecular weight excluding hydrogens is 288 g/mol. The molecule has 0 bridgehead atoms. The van der Waals surface area contributed by atoms with Gasteiger partial charge in [0.15, 0.2) is 0 Å². The average Bonchev–Trinajstić information content (AvgIpc) is 2.75. The minimum absolute atomic E-state index is 0.178. The van der Waals surface area contributed by atoms with Gasteiger partial charge in [0, 0.05) is 17.8 Å². The first-order valence-electron chi connectivity index (χ1n) is 5.50. The monoisotopic (exact) mass is 300 g/mol. The Kier molecular flexibility index (Phi) is 4.08. The molecule has 8 heteroatoms. The molecule has 1 aromatic carbocycles. The maximum absolute atomic E-state index is 11.9. The molecule has 0 aliphatic heterocycles. The maximum atomic E-state index is 11.9. The molecule has 3 N–H and O–H groups in total. The number of nitrogen functional groups attached to an aromatic ring is 1. The topological polar surface area (TPSA) is 90.0 Å². The molecule has 102 valence electrons. The molecule has 0 fully saturated rings. The minimum atomic E-state index is -3.52. The van der Waals surface area contributed by atoms with Gasteiger partial charge in [0.05, 0.1) is 23.3 Å². The van der Waals surface area contributed by atoms with E-state index in [4.69, 9.17) is 17.3 Å². The third-order valence-corrected chi connectivity index (χ3v) is 4.14. The summed E-state index contributed by atoms with van der Waals surface area (Å²) >= 11 is 5.71. The van der Waals surface area contributed by atoms with Gasteiger partial charge in [-0.2, -0.15) is 5.10 Å². The summed E-state index contributed by atoms with van der Waals surface area (Å²) in [5.74, 6) is 0. The van der Waals surface area contributed by atoms with Gasteiger partial charge >= 0.3 is 0 Å². The van der Waals surface area contributed by atoms with Gasteiger partial charge < -0.3 is 5.73 Å². The van der Waals surface area contributed by atoms with Crippen LogP contribution in [0.2, 0.25) is 5.02 Å². The van der Waals surface area contributed by atoms with Gasteiger partial charge in [0.1, 0.15) is 0 Å². The highest BCUT2D eigenvalue weighted by atomic mass is 35.5. The summed E-state index contributed by atoms with van der Waals surface area (Å²) in [5.41, 5.74) is 6.05. The molecule has 0 saturated carbocycles. The Morgan fingerprint density at radius 2 is 2.00 bits per heavy atom. The molecule has 0 radical (unpaired) electrons. The van der Waals surface area contributed by atoms with Crippen LogP contribution in [0.15, 0.2) is 41.6 Å². The van der Waals surface area contributed by atoms with Crippen LogP contribution in [0, 0.1) is 0 Å². The zero-order valence-corrected chi connectivity index (χ0v) is 11.5. The fourth-order valence-corrected chi connectivity index (χ4v) is 2.64. The fourth-order valence-electron chi connectivity index (χ4n) is 1.49. The summed E-state index contributed by atoms with van der Waals surface area (Å²) < 4.78 is 27.9. The highest BCUT2D eigenvalue weighted by Crippen LogP contribution is 2.13. The molecule has 2 aromatic rings. The van der Waals surface area contributed by atoms with Crippen molar-refractivity contribution in [2.75, 3.05) is 12.3 Å². The Morgan fingerprint density at radius 3 is 2.58 bits per heavy atom. The summed E-state index contributed by atoms with van der Waals surface area (Å²) in [6.45, 7) is 0.635. The number of hydrogen-bond acceptors (Lipinski definition) is 4. The first-order chi connectivity index (χ1) is 8.97. The van der Waals surface area contributed by atoms with Crippen molar-refractivity contribution in [3.63, 3.8) is 0 Å². The van der Waals surface area contributed by atoms with E-state index in [9.17, 15) is 8.42 Å². The van der Waals surface area contributed by atoms with E-state index in [1.54, 1.807) is 10.9 Å². The summed E-state index contributed by atoms with van der Waals surface area (Å²) in [6.07, 6.45) is 3.14. The summed E-state index contributed by atoms with van der Waals surface area (Å²) in [4.78, 5) is 0.178. The maximum Gasteiger partial charge on any atom is 0.240 e. The van der Waals surface area contributed by atoms with Crippen molar-refractivity contribution in [3.05, 3.63) is 41.7 Å². The second-order valence-electron chi connectivity index (χ2n) is 3.89. The van der Waals surface area contributed by atoms with E-state index >= 15 is 0 Å². The molecule has 1 aromatic heterocycles. The van der Waals surface area contributed by atoms with Gasteiger partial charge in [-0.15, -0.1) is 0 Å². The van der Waals surface area contributed by atoms with Crippen molar-refractivity contribution < 1.29 is 8.42 Å². The van der Waals surface area contributed by atoms with Crippen molar-refractivity contribution in [2.24, 2.45) is 0 Å². The molecule has 0 unspecified atom stereocenters. The molecular formula is C11H13ClN4O2S. The van der Waals surface area contributed by atoms with Crippen molar-refractivity contribution in [3.8, 4) is 0 Å². The number of halogens is 1. The lowest BCUT2D eigenvalue weighted by Crippen LogP contribution is -2.27. The van der Waals surface area contributed by atoms with Gasteiger partial charge in [-0.05, 0) is 24.3 Å². The van der Waals surface area contributed by atoms with Crippen molar-refractivity contribution in [1.82, 2.24) is 14.5 Å². The van der Waals surface area contributed by atoms with Gasteiger partial charge in [0.2, 0.25) is 10.0 Å². The molecule has 1 heterocycles. The van der Waals surface area contributed by atoms with Crippen LogP contribution in [-0.4, -0.2) is 24.7 Å². The summed E-state index contributed by atoms with van der Waals surface area (Å²) in [6, 6.07) is 5.97. The normalized spacial score (nSPS) is 11.6. The molecule has 6 nitrogen and oxygen atoms in total. The van der Waals surface area contributed by atoms with E-state index in [-0.39, 0.29) is 11.4 Å². The number of nitrogens with one attached hydrogen (secondary N) is 1. The molecule has 0 aliphatic carbocycles. The Hall–Kier alpha value is -1.57. The van der Waals surface area contributed by atoms with Gasteiger partial charge in [-0.1, -0.05) is 11.6 Å². The summed E-state index contributed by atoms with van der Waals surface area (Å²) in [7, 11) is -3.52. The Bertz CT molecular complexity index is 652. The molecule has 0 amide bonds. The van der Waals surface area contributed by atoms with Crippen LogP contribution < -0.4 is 10.5 Å². The van der Waals surface area contributed by atoms with E-state index in [0.717, 1.165) is 0 Å².